The highest BCUT2D eigenvalue weighted by atomic mass is 16.4. The van der Waals surface area contributed by atoms with Crippen molar-refractivity contribution in [1.29, 1.82) is 0 Å². The number of unbranched alkanes of at least 4 members (excludes halogenated alkanes) is 2. The highest BCUT2D eigenvalue weighted by molar-refractivity contribution is 5.78. The molecule has 0 aromatic carbocycles. The van der Waals surface area contributed by atoms with Gasteiger partial charge in [0.15, 0.2) is 0 Å². The maximum Gasteiger partial charge on any atom is 0.303 e. The van der Waals surface area contributed by atoms with Crippen LogP contribution in [-0.2, 0) is 9.59 Å². The molecule has 4 nitrogen and oxygen atoms in total. The molecule has 1 aliphatic rings. The molecule has 0 spiro atoms. The summed E-state index contributed by atoms with van der Waals surface area (Å²) in [6.45, 7) is 2.93. The summed E-state index contributed by atoms with van der Waals surface area (Å²) in [5.41, 5.74) is -0.291. The number of carboxylic acid groups (broad SMARTS) is 1. The number of aliphatic carboxylic acids is 1. The third-order valence-electron chi connectivity index (χ3n) is 4.49. The lowest BCUT2D eigenvalue weighted by molar-refractivity contribution is -0.142. The van der Waals surface area contributed by atoms with Gasteiger partial charge >= 0.3 is 5.97 Å². The number of carbonyl (C=O) groups is 2. The molecule has 1 saturated carbocycles. The van der Waals surface area contributed by atoms with Crippen LogP contribution in [-0.4, -0.2) is 35.5 Å². The quantitative estimate of drug-likeness (QED) is 0.694. The maximum absolute atomic E-state index is 12.3. The fraction of sp³-hybridized carbons (Fsp3) is 0.875. The number of amides is 1. The van der Waals surface area contributed by atoms with Crippen molar-refractivity contribution in [2.24, 2.45) is 5.41 Å². The van der Waals surface area contributed by atoms with Crippen LogP contribution >= 0.6 is 0 Å². The topological polar surface area (TPSA) is 57.6 Å². The number of carboxylic acids is 1. The Labute approximate surface area is 122 Å². The van der Waals surface area contributed by atoms with Gasteiger partial charge in [0.05, 0.1) is 6.42 Å². The van der Waals surface area contributed by atoms with Gasteiger partial charge in [0.2, 0.25) is 5.91 Å². The molecule has 1 aliphatic carbocycles. The van der Waals surface area contributed by atoms with Gasteiger partial charge in [-0.15, -0.1) is 0 Å². The molecule has 0 aliphatic heterocycles. The summed E-state index contributed by atoms with van der Waals surface area (Å²) in [7, 11) is 1.84. The van der Waals surface area contributed by atoms with Gasteiger partial charge in [-0.05, 0) is 24.7 Å². The molecule has 1 N–H and O–H groups in total. The van der Waals surface area contributed by atoms with Crippen LogP contribution in [0.25, 0.3) is 0 Å². The Morgan fingerprint density at radius 1 is 1.10 bits per heavy atom. The maximum atomic E-state index is 12.3. The van der Waals surface area contributed by atoms with Gasteiger partial charge in [-0.1, -0.05) is 39.0 Å². The second-order valence-electron chi connectivity index (χ2n) is 6.33. The highest BCUT2D eigenvalue weighted by Crippen LogP contribution is 2.42. The number of hydrogen-bond acceptors (Lipinski definition) is 2. The van der Waals surface area contributed by atoms with Crippen LogP contribution in [0.1, 0.15) is 71.1 Å². The molecule has 0 atom stereocenters. The van der Waals surface area contributed by atoms with E-state index in [-0.39, 0.29) is 17.7 Å². The van der Waals surface area contributed by atoms with Crippen LogP contribution in [0.4, 0.5) is 0 Å². The first-order valence-electron chi connectivity index (χ1n) is 7.95. The summed E-state index contributed by atoms with van der Waals surface area (Å²) in [6.07, 6.45) is 8.90. The lowest BCUT2D eigenvalue weighted by atomic mass is 9.69. The van der Waals surface area contributed by atoms with Crippen LogP contribution in [0.2, 0.25) is 0 Å². The number of hydrogen-bond donors (Lipinski definition) is 1. The Hall–Kier alpha value is -1.06. The van der Waals surface area contributed by atoms with Crippen molar-refractivity contribution in [3.8, 4) is 0 Å². The van der Waals surface area contributed by atoms with Crippen molar-refractivity contribution < 1.29 is 14.7 Å². The molecule has 0 heterocycles. The summed E-state index contributed by atoms with van der Waals surface area (Å²) in [5, 5.41) is 9.13. The van der Waals surface area contributed by atoms with Crippen molar-refractivity contribution in [2.45, 2.75) is 71.1 Å². The molecule has 1 fully saturated rings. The molecule has 0 bridgehead atoms. The molecular weight excluding hydrogens is 254 g/mol. The first-order valence-corrected chi connectivity index (χ1v) is 7.95. The fourth-order valence-corrected chi connectivity index (χ4v) is 3.22. The van der Waals surface area contributed by atoms with Crippen molar-refractivity contribution in [2.75, 3.05) is 13.6 Å². The molecule has 116 valence electrons. The van der Waals surface area contributed by atoms with E-state index >= 15 is 0 Å². The zero-order valence-corrected chi connectivity index (χ0v) is 13.0. The number of nitrogens with zero attached hydrogens (tertiary/aromatic N) is 1. The Morgan fingerprint density at radius 2 is 1.75 bits per heavy atom. The van der Waals surface area contributed by atoms with Crippen LogP contribution in [0, 0.1) is 5.41 Å². The minimum atomic E-state index is -0.770. The van der Waals surface area contributed by atoms with E-state index in [0.29, 0.717) is 6.42 Å². The molecule has 0 unspecified atom stereocenters. The number of carbonyl (C=O) groups excluding carboxylic acids is 1. The lowest BCUT2D eigenvalue weighted by Gasteiger charge is -2.36. The summed E-state index contributed by atoms with van der Waals surface area (Å²) < 4.78 is 0. The summed E-state index contributed by atoms with van der Waals surface area (Å²) in [6, 6.07) is 0. The van der Waals surface area contributed by atoms with Gasteiger partial charge in [0.1, 0.15) is 0 Å². The minimum Gasteiger partial charge on any atom is -0.481 e. The Morgan fingerprint density at radius 3 is 2.30 bits per heavy atom. The van der Waals surface area contributed by atoms with E-state index < -0.39 is 5.97 Å². The Bertz CT molecular complexity index is 322. The third-order valence-corrected chi connectivity index (χ3v) is 4.49. The molecule has 0 radical (unpaired) electrons. The number of rotatable bonds is 8. The monoisotopic (exact) mass is 283 g/mol. The second-order valence-corrected chi connectivity index (χ2v) is 6.33. The van der Waals surface area contributed by atoms with E-state index in [0.717, 1.165) is 51.5 Å². The molecule has 1 amide bonds. The second kappa shape index (κ2) is 8.28. The minimum absolute atomic E-state index is 0.115. The summed E-state index contributed by atoms with van der Waals surface area (Å²) >= 11 is 0. The van der Waals surface area contributed by atoms with E-state index in [2.05, 4.69) is 6.92 Å². The fourth-order valence-electron chi connectivity index (χ4n) is 3.22. The van der Waals surface area contributed by atoms with Gasteiger partial charge in [0.25, 0.3) is 0 Å². The predicted molar refractivity (Wildman–Crippen MR) is 79.5 cm³/mol. The molecule has 1 rings (SSSR count). The largest absolute Gasteiger partial charge is 0.481 e. The van der Waals surface area contributed by atoms with Crippen molar-refractivity contribution in [1.82, 2.24) is 4.90 Å². The average molecular weight is 283 g/mol. The van der Waals surface area contributed by atoms with Crippen molar-refractivity contribution in [3.63, 3.8) is 0 Å². The van der Waals surface area contributed by atoms with Gasteiger partial charge in [-0.25, -0.2) is 0 Å². The van der Waals surface area contributed by atoms with E-state index in [1.165, 1.54) is 6.42 Å². The van der Waals surface area contributed by atoms with Gasteiger partial charge < -0.3 is 10.0 Å². The zero-order valence-electron chi connectivity index (χ0n) is 13.0. The average Bonchev–Trinajstić information content (AvgIpc) is 2.38. The summed E-state index contributed by atoms with van der Waals surface area (Å²) in [4.78, 5) is 25.2. The third kappa shape index (κ3) is 5.51. The van der Waals surface area contributed by atoms with Gasteiger partial charge in [0, 0.05) is 20.0 Å². The zero-order chi connectivity index (χ0) is 15.0. The van der Waals surface area contributed by atoms with Crippen LogP contribution in [0.15, 0.2) is 0 Å². The standard InChI is InChI=1S/C16H29NO3/c1-3-4-8-11-17(2)14(18)12-16(13-15(19)20)9-6-5-7-10-16/h3-13H2,1-2H3,(H,19,20). The Kier molecular flexibility index (Phi) is 7.03. The molecule has 0 saturated heterocycles. The lowest BCUT2D eigenvalue weighted by Crippen LogP contribution is -2.36. The van der Waals surface area contributed by atoms with E-state index in [1.807, 2.05) is 7.05 Å². The molecular formula is C16H29NO3. The van der Waals surface area contributed by atoms with E-state index in [4.69, 9.17) is 5.11 Å². The molecule has 0 aromatic heterocycles. The SMILES string of the molecule is CCCCCN(C)C(=O)CC1(CC(=O)O)CCCCC1. The molecule has 0 aromatic rings. The molecule has 20 heavy (non-hydrogen) atoms. The molecule has 4 heteroatoms. The summed E-state index contributed by atoms with van der Waals surface area (Å²) in [5.74, 6) is -0.655. The van der Waals surface area contributed by atoms with Crippen molar-refractivity contribution >= 4 is 11.9 Å². The predicted octanol–water partition coefficient (Wildman–Crippen LogP) is 3.45. The Balaban J connectivity index is 2.55. The van der Waals surface area contributed by atoms with Gasteiger partial charge in [-0.3, -0.25) is 9.59 Å². The van der Waals surface area contributed by atoms with E-state index in [1.54, 1.807) is 4.90 Å². The van der Waals surface area contributed by atoms with Crippen molar-refractivity contribution in [3.05, 3.63) is 0 Å². The van der Waals surface area contributed by atoms with Crippen LogP contribution in [0.3, 0.4) is 0 Å². The van der Waals surface area contributed by atoms with Crippen LogP contribution in [0.5, 0.6) is 0 Å². The van der Waals surface area contributed by atoms with Crippen LogP contribution < -0.4 is 0 Å². The normalized spacial score (nSPS) is 17.7. The highest BCUT2D eigenvalue weighted by Gasteiger charge is 2.37. The smallest absolute Gasteiger partial charge is 0.303 e. The van der Waals surface area contributed by atoms with E-state index in [9.17, 15) is 9.59 Å². The first kappa shape index (κ1) is 17.0. The first-order chi connectivity index (χ1) is 9.49. The van der Waals surface area contributed by atoms with Gasteiger partial charge in [-0.2, -0.15) is 0 Å².